The molecule has 1 aliphatic carbocycles. The molecule has 4 heteroatoms. The molecule has 0 bridgehead atoms. The number of likely N-dealkylation sites (N-methyl/N-ethyl adjacent to an activating group) is 1. The molecule has 4 nitrogen and oxygen atoms in total. The molecule has 1 N–H and O–H groups in total. The molecule has 2 fully saturated rings. The third-order valence-electron chi connectivity index (χ3n) is 3.62. The number of morpholine rings is 1. The Morgan fingerprint density at radius 2 is 2.38 bits per heavy atom. The first-order chi connectivity index (χ1) is 7.78. The molecule has 1 saturated carbocycles. The molecule has 0 aromatic carbocycles. The fourth-order valence-electron chi connectivity index (χ4n) is 2.48. The predicted molar refractivity (Wildman–Crippen MR) is 62.0 cm³/mol. The zero-order valence-electron chi connectivity index (χ0n) is 10.0. The molecule has 0 aromatic heterocycles. The Morgan fingerprint density at radius 3 is 3.00 bits per heavy atom. The molecule has 2 rings (SSSR count). The van der Waals surface area contributed by atoms with Crippen molar-refractivity contribution in [3.8, 4) is 6.07 Å². The van der Waals surface area contributed by atoms with E-state index in [4.69, 9.17) is 10.00 Å². The van der Waals surface area contributed by atoms with Crippen molar-refractivity contribution in [2.24, 2.45) is 5.41 Å². The third kappa shape index (κ3) is 2.94. The van der Waals surface area contributed by atoms with E-state index in [-0.39, 0.29) is 0 Å². The van der Waals surface area contributed by atoms with Crippen LogP contribution in [0.15, 0.2) is 0 Å². The summed E-state index contributed by atoms with van der Waals surface area (Å²) in [5, 5.41) is 12.0. The van der Waals surface area contributed by atoms with Crippen molar-refractivity contribution in [2.45, 2.75) is 25.4 Å². The van der Waals surface area contributed by atoms with E-state index in [1.54, 1.807) is 0 Å². The highest BCUT2D eigenvalue weighted by molar-refractivity contribution is 5.01. The highest BCUT2D eigenvalue weighted by Gasteiger charge is 2.44. The summed E-state index contributed by atoms with van der Waals surface area (Å²) in [6.07, 6.45) is 3.50. The summed E-state index contributed by atoms with van der Waals surface area (Å²) in [6, 6.07) is 2.33. The average Bonchev–Trinajstić information content (AvgIpc) is 2.99. The lowest BCUT2D eigenvalue weighted by Crippen LogP contribution is -2.47. The van der Waals surface area contributed by atoms with E-state index in [0.29, 0.717) is 11.5 Å². The summed E-state index contributed by atoms with van der Waals surface area (Å²) in [5.41, 5.74) is 0.330. The number of nitrogens with zero attached hydrogens (tertiary/aromatic N) is 2. The second-order valence-corrected chi connectivity index (χ2v) is 5.12. The zero-order chi connectivity index (χ0) is 11.4. The minimum absolute atomic E-state index is 0.316. The largest absolute Gasteiger partial charge is 0.374 e. The maximum Gasteiger partial charge on any atom is 0.0826 e. The van der Waals surface area contributed by atoms with Gasteiger partial charge in [0.15, 0.2) is 0 Å². The molecule has 0 spiro atoms. The Labute approximate surface area is 97.6 Å². The van der Waals surface area contributed by atoms with Crippen LogP contribution in [-0.4, -0.2) is 50.8 Å². The van der Waals surface area contributed by atoms with Gasteiger partial charge in [-0.05, 0) is 25.3 Å². The van der Waals surface area contributed by atoms with Gasteiger partial charge in [-0.25, -0.2) is 0 Å². The van der Waals surface area contributed by atoms with Crippen LogP contribution in [0.5, 0.6) is 0 Å². The van der Waals surface area contributed by atoms with E-state index in [0.717, 1.165) is 39.2 Å². The summed E-state index contributed by atoms with van der Waals surface area (Å²) in [6.45, 7) is 4.86. The first kappa shape index (κ1) is 11.8. The second-order valence-electron chi connectivity index (χ2n) is 5.12. The van der Waals surface area contributed by atoms with Crippen LogP contribution in [0.4, 0.5) is 0 Å². The van der Waals surface area contributed by atoms with E-state index in [1.807, 2.05) is 7.05 Å². The van der Waals surface area contributed by atoms with Crippen molar-refractivity contribution in [2.75, 3.05) is 39.8 Å². The number of rotatable bonds is 5. The van der Waals surface area contributed by atoms with Gasteiger partial charge in [0.2, 0.25) is 0 Å². The Hall–Kier alpha value is -0.630. The average molecular weight is 223 g/mol. The maximum absolute atomic E-state index is 8.80. The lowest BCUT2D eigenvalue weighted by Gasteiger charge is -2.34. The monoisotopic (exact) mass is 223 g/mol. The molecule has 1 saturated heterocycles. The fourth-order valence-corrected chi connectivity index (χ4v) is 2.48. The molecule has 1 heterocycles. The van der Waals surface area contributed by atoms with Crippen LogP contribution in [0.25, 0.3) is 0 Å². The topological polar surface area (TPSA) is 48.3 Å². The van der Waals surface area contributed by atoms with Gasteiger partial charge in [-0.15, -0.1) is 0 Å². The van der Waals surface area contributed by atoms with Crippen molar-refractivity contribution in [3.05, 3.63) is 0 Å². The van der Waals surface area contributed by atoms with E-state index < -0.39 is 0 Å². The van der Waals surface area contributed by atoms with E-state index in [9.17, 15) is 0 Å². The molecule has 0 amide bonds. The van der Waals surface area contributed by atoms with E-state index >= 15 is 0 Å². The number of nitrogens with one attached hydrogen (secondary N) is 1. The van der Waals surface area contributed by atoms with Crippen LogP contribution in [0, 0.1) is 16.7 Å². The number of ether oxygens (including phenoxy) is 1. The van der Waals surface area contributed by atoms with Crippen LogP contribution in [0.1, 0.15) is 19.3 Å². The van der Waals surface area contributed by atoms with Gasteiger partial charge in [0.1, 0.15) is 0 Å². The highest BCUT2D eigenvalue weighted by Crippen LogP contribution is 2.49. The van der Waals surface area contributed by atoms with Crippen LogP contribution >= 0.6 is 0 Å². The zero-order valence-corrected chi connectivity index (χ0v) is 10.0. The molecule has 1 atom stereocenters. The molecule has 2 aliphatic rings. The van der Waals surface area contributed by atoms with Gasteiger partial charge in [-0.1, -0.05) is 0 Å². The van der Waals surface area contributed by atoms with Gasteiger partial charge in [0, 0.05) is 32.6 Å². The summed E-state index contributed by atoms with van der Waals surface area (Å²) in [4.78, 5) is 2.47. The summed E-state index contributed by atoms with van der Waals surface area (Å²) in [7, 11) is 1.96. The van der Waals surface area contributed by atoms with Crippen LogP contribution in [0.3, 0.4) is 0 Å². The van der Waals surface area contributed by atoms with E-state index in [1.165, 1.54) is 12.8 Å². The van der Waals surface area contributed by atoms with Crippen LogP contribution in [-0.2, 0) is 4.74 Å². The van der Waals surface area contributed by atoms with Crippen molar-refractivity contribution >= 4 is 0 Å². The second kappa shape index (κ2) is 5.13. The standard InChI is InChI=1S/C12H21N3O/c1-14-8-11-9-15(6-7-16-11)10-12(2-3-12)4-5-13/h11,14H,2-4,6-10H2,1H3. The predicted octanol–water partition coefficient (Wildman–Crippen LogP) is 0.600. The fraction of sp³-hybridized carbons (Fsp3) is 0.917. The van der Waals surface area contributed by atoms with Gasteiger partial charge in [-0.3, -0.25) is 4.90 Å². The molecular formula is C12H21N3O. The normalized spacial score (nSPS) is 28.6. The maximum atomic E-state index is 8.80. The Kier molecular flexibility index (Phi) is 3.80. The summed E-state index contributed by atoms with van der Waals surface area (Å²) >= 11 is 0. The Balaban J connectivity index is 1.79. The third-order valence-corrected chi connectivity index (χ3v) is 3.62. The van der Waals surface area contributed by atoms with Gasteiger partial charge in [-0.2, -0.15) is 5.26 Å². The van der Waals surface area contributed by atoms with Gasteiger partial charge < -0.3 is 10.1 Å². The quantitative estimate of drug-likeness (QED) is 0.741. The number of hydrogen-bond donors (Lipinski definition) is 1. The van der Waals surface area contributed by atoms with Crippen molar-refractivity contribution < 1.29 is 4.74 Å². The molecule has 1 unspecified atom stereocenters. The minimum Gasteiger partial charge on any atom is -0.374 e. The highest BCUT2D eigenvalue weighted by atomic mass is 16.5. The molecule has 16 heavy (non-hydrogen) atoms. The smallest absolute Gasteiger partial charge is 0.0826 e. The summed E-state index contributed by atoms with van der Waals surface area (Å²) in [5.74, 6) is 0. The molecular weight excluding hydrogens is 202 g/mol. The molecule has 0 radical (unpaired) electrons. The number of hydrogen-bond acceptors (Lipinski definition) is 4. The lowest BCUT2D eigenvalue weighted by atomic mass is 10.0. The van der Waals surface area contributed by atoms with Gasteiger partial charge in [0.05, 0.1) is 18.8 Å². The van der Waals surface area contributed by atoms with Crippen molar-refractivity contribution in [1.29, 1.82) is 5.26 Å². The number of nitriles is 1. The summed E-state index contributed by atoms with van der Waals surface area (Å²) < 4.78 is 5.67. The SMILES string of the molecule is CNCC1CN(CC2(CC#N)CC2)CCO1. The van der Waals surface area contributed by atoms with Crippen molar-refractivity contribution in [3.63, 3.8) is 0 Å². The molecule has 0 aromatic rings. The molecule has 1 aliphatic heterocycles. The first-order valence-electron chi connectivity index (χ1n) is 6.13. The molecule has 90 valence electrons. The van der Waals surface area contributed by atoms with Gasteiger partial charge >= 0.3 is 0 Å². The van der Waals surface area contributed by atoms with Gasteiger partial charge in [0.25, 0.3) is 0 Å². The van der Waals surface area contributed by atoms with Crippen LogP contribution < -0.4 is 5.32 Å². The Bertz CT molecular complexity index is 268. The van der Waals surface area contributed by atoms with Crippen LogP contribution in [0.2, 0.25) is 0 Å². The van der Waals surface area contributed by atoms with Crippen molar-refractivity contribution in [1.82, 2.24) is 10.2 Å². The Morgan fingerprint density at radius 1 is 1.56 bits per heavy atom. The first-order valence-corrected chi connectivity index (χ1v) is 6.13. The lowest BCUT2D eigenvalue weighted by molar-refractivity contribution is -0.0320. The minimum atomic E-state index is 0.316. The van der Waals surface area contributed by atoms with E-state index in [2.05, 4.69) is 16.3 Å².